The fourth-order valence-corrected chi connectivity index (χ4v) is 4.75. The molecule has 0 aliphatic rings. The van der Waals surface area contributed by atoms with Gasteiger partial charge in [0.25, 0.3) is 10.2 Å². The molecule has 7 nitrogen and oxygen atoms in total. The Hall–Kier alpha value is -1.75. The van der Waals surface area contributed by atoms with E-state index in [9.17, 15) is 21.2 Å². The fourth-order valence-electron chi connectivity index (χ4n) is 2.10. The predicted octanol–water partition coefficient (Wildman–Crippen LogP) is 1.77. The number of sulfone groups is 1. The Morgan fingerprint density at radius 1 is 1.08 bits per heavy atom. The quantitative estimate of drug-likeness (QED) is 0.635. The predicted molar refractivity (Wildman–Crippen MR) is 90.3 cm³/mol. The molecular formula is C15H19FN2O5S2. The maximum atomic E-state index is 13.1. The van der Waals surface area contributed by atoms with Crippen molar-refractivity contribution in [2.75, 3.05) is 13.1 Å². The highest BCUT2D eigenvalue weighted by molar-refractivity contribution is 7.91. The topological polar surface area (TPSA) is 105 Å². The molecule has 2 rings (SSSR count). The lowest BCUT2D eigenvalue weighted by Crippen LogP contribution is -2.40. The first-order valence-corrected chi connectivity index (χ1v) is 10.6. The molecule has 0 radical (unpaired) electrons. The van der Waals surface area contributed by atoms with Gasteiger partial charge in [0, 0.05) is 13.1 Å². The van der Waals surface area contributed by atoms with Gasteiger partial charge in [0.1, 0.15) is 16.8 Å². The van der Waals surface area contributed by atoms with E-state index < -0.39 is 37.7 Å². The highest BCUT2D eigenvalue weighted by Gasteiger charge is 2.32. The lowest BCUT2D eigenvalue weighted by atomic mass is 10.3. The molecule has 1 heterocycles. The zero-order chi connectivity index (χ0) is 18.5. The number of benzene rings is 1. The van der Waals surface area contributed by atoms with Crippen LogP contribution >= 0.6 is 0 Å². The minimum atomic E-state index is -4.00. The molecule has 10 heteroatoms. The molecule has 0 saturated heterocycles. The average Bonchev–Trinajstić information content (AvgIpc) is 3.07. The van der Waals surface area contributed by atoms with Gasteiger partial charge >= 0.3 is 0 Å². The van der Waals surface area contributed by atoms with Crippen LogP contribution in [0.15, 0.2) is 52.0 Å². The second-order valence-corrected chi connectivity index (χ2v) is 8.96. The SMILES string of the molecule is CCCNS(=O)(=O)NCC(c1ccco1)S(=O)(=O)c1ccc(F)cc1. The molecule has 138 valence electrons. The normalized spacial score (nSPS) is 13.7. The minimum Gasteiger partial charge on any atom is -0.468 e. The summed E-state index contributed by atoms with van der Waals surface area (Å²) >= 11 is 0. The van der Waals surface area contributed by atoms with Crippen LogP contribution in [0, 0.1) is 5.82 Å². The van der Waals surface area contributed by atoms with Gasteiger partial charge in [-0.3, -0.25) is 0 Å². The van der Waals surface area contributed by atoms with Crippen molar-refractivity contribution < 1.29 is 25.6 Å². The van der Waals surface area contributed by atoms with Gasteiger partial charge in [0.05, 0.1) is 11.2 Å². The van der Waals surface area contributed by atoms with Crippen LogP contribution in [-0.4, -0.2) is 29.9 Å². The largest absolute Gasteiger partial charge is 0.468 e. The first-order valence-electron chi connectivity index (χ1n) is 7.53. The summed E-state index contributed by atoms with van der Waals surface area (Å²) in [4.78, 5) is -0.129. The Balaban J connectivity index is 2.29. The van der Waals surface area contributed by atoms with Gasteiger partial charge in [-0.05, 0) is 42.8 Å². The van der Waals surface area contributed by atoms with E-state index in [0.717, 1.165) is 24.3 Å². The first-order chi connectivity index (χ1) is 11.8. The van der Waals surface area contributed by atoms with E-state index in [4.69, 9.17) is 4.42 Å². The van der Waals surface area contributed by atoms with Crippen molar-refractivity contribution in [1.82, 2.24) is 9.44 Å². The molecule has 1 aromatic carbocycles. The first kappa shape index (κ1) is 19.6. The summed E-state index contributed by atoms with van der Waals surface area (Å²) < 4.78 is 72.2. The van der Waals surface area contributed by atoms with Crippen LogP contribution in [0.3, 0.4) is 0 Å². The Morgan fingerprint density at radius 3 is 2.32 bits per heavy atom. The Bertz CT molecular complexity index is 879. The van der Waals surface area contributed by atoms with Crippen molar-refractivity contribution in [3.05, 3.63) is 54.2 Å². The summed E-state index contributed by atoms with van der Waals surface area (Å²) in [6.45, 7) is 1.60. The number of halogens is 1. The maximum Gasteiger partial charge on any atom is 0.276 e. The standard InChI is InChI=1S/C15H19FN2O5S2/c1-2-9-17-25(21,22)18-11-15(14-4-3-10-23-14)24(19,20)13-7-5-12(16)6-8-13/h3-8,10,15,17-18H,2,9,11H2,1H3. The molecule has 1 unspecified atom stereocenters. The summed E-state index contributed by atoms with van der Waals surface area (Å²) in [5, 5.41) is -1.29. The zero-order valence-electron chi connectivity index (χ0n) is 13.5. The van der Waals surface area contributed by atoms with E-state index in [1.54, 1.807) is 6.92 Å². The molecule has 2 N–H and O–H groups in total. The smallest absolute Gasteiger partial charge is 0.276 e. The monoisotopic (exact) mass is 390 g/mol. The lowest BCUT2D eigenvalue weighted by Gasteiger charge is -2.17. The van der Waals surface area contributed by atoms with Gasteiger partial charge in [-0.25, -0.2) is 22.3 Å². The zero-order valence-corrected chi connectivity index (χ0v) is 15.1. The fraction of sp³-hybridized carbons (Fsp3) is 0.333. The third kappa shape index (κ3) is 5.11. The highest BCUT2D eigenvalue weighted by atomic mass is 32.2. The van der Waals surface area contributed by atoms with Crippen LogP contribution in [0.2, 0.25) is 0 Å². The van der Waals surface area contributed by atoms with E-state index >= 15 is 0 Å². The van der Waals surface area contributed by atoms with Crippen molar-refractivity contribution in [3.8, 4) is 0 Å². The molecule has 0 amide bonds. The summed E-state index contributed by atoms with van der Waals surface area (Å²) in [6, 6.07) is 7.26. The molecule has 0 spiro atoms. The molecule has 1 atom stereocenters. The molecule has 2 aromatic rings. The second kappa shape index (κ2) is 8.09. The molecule has 0 aliphatic heterocycles. The second-order valence-electron chi connectivity index (χ2n) is 5.25. The minimum absolute atomic E-state index is 0.0857. The Labute approximate surface area is 146 Å². The van der Waals surface area contributed by atoms with E-state index in [2.05, 4.69) is 9.44 Å². The van der Waals surface area contributed by atoms with Gasteiger partial charge in [0.15, 0.2) is 9.84 Å². The molecule has 1 aromatic heterocycles. The molecular weight excluding hydrogens is 371 g/mol. The average molecular weight is 390 g/mol. The van der Waals surface area contributed by atoms with Gasteiger partial charge in [-0.1, -0.05) is 6.92 Å². The van der Waals surface area contributed by atoms with Crippen molar-refractivity contribution in [2.24, 2.45) is 0 Å². The molecule has 0 fully saturated rings. The van der Waals surface area contributed by atoms with Crippen molar-refractivity contribution >= 4 is 20.0 Å². The van der Waals surface area contributed by atoms with Crippen molar-refractivity contribution in [2.45, 2.75) is 23.5 Å². The van der Waals surface area contributed by atoms with Gasteiger partial charge < -0.3 is 4.42 Å². The van der Waals surface area contributed by atoms with Crippen molar-refractivity contribution in [3.63, 3.8) is 0 Å². The van der Waals surface area contributed by atoms with E-state index in [1.165, 1.54) is 18.4 Å². The Kier molecular flexibility index (Phi) is 6.33. The lowest BCUT2D eigenvalue weighted by molar-refractivity contribution is 0.485. The van der Waals surface area contributed by atoms with Crippen LogP contribution in [0.4, 0.5) is 4.39 Å². The van der Waals surface area contributed by atoms with Crippen LogP contribution in [0.25, 0.3) is 0 Å². The number of furan rings is 1. The molecule has 0 aliphatic carbocycles. The maximum absolute atomic E-state index is 13.1. The number of nitrogens with one attached hydrogen (secondary N) is 2. The number of rotatable bonds is 9. The van der Waals surface area contributed by atoms with Gasteiger partial charge in [0.2, 0.25) is 0 Å². The number of hydrogen-bond acceptors (Lipinski definition) is 5. The van der Waals surface area contributed by atoms with Crippen LogP contribution in [0.1, 0.15) is 24.4 Å². The summed E-state index contributed by atoms with van der Waals surface area (Å²) in [7, 11) is -7.84. The molecule has 25 heavy (non-hydrogen) atoms. The number of hydrogen-bond donors (Lipinski definition) is 2. The highest BCUT2D eigenvalue weighted by Crippen LogP contribution is 2.29. The van der Waals surface area contributed by atoms with Gasteiger partial charge in [-0.15, -0.1) is 0 Å². The van der Waals surface area contributed by atoms with E-state index in [1.807, 2.05) is 0 Å². The van der Waals surface area contributed by atoms with Gasteiger partial charge in [-0.2, -0.15) is 8.42 Å². The van der Waals surface area contributed by atoms with Crippen LogP contribution in [-0.2, 0) is 20.0 Å². The summed E-state index contributed by atoms with van der Waals surface area (Å²) in [5.74, 6) is -0.486. The third-order valence-corrected chi connectivity index (χ3v) is 6.59. The summed E-state index contributed by atoms with van der Waals surface area (Å²) in [6.07, 6.45) is 1.89. The molecule has 0 saturated carbocycles. The third-order valence-electron chi connectivity index (χ3n) is 3.38. The van der Waals surface area contributed by atoms with E-state index in [0.29, 0.717) is 6.42 Å². The Morgan fingerprint density at radius 2 is 1.76 bits per heavy atom. The van der Waals surface area contributed by atoms with Crippen LogP contribution < -0.4 is 9.44 Å². The van der Waals surface area contributed by atoms with Crippen molar-refractivity contribution in [1.29, 1.82) is 0 Å². The summed E-state index contributed by atoms with van der Waals surface area (Å²) in [5.41, 5.74) is 0. The molecule has 0 bridgehead atoms. The van der Waals surface area contributed by atoms with E-state index in [-0.39, 0.29) is 17.2 Å². The van der Waals surface area contributed by atoms with Crippen LogP contribution in [0.5, 0.6) is 0 Å².